The van der Waals surface area contributed by atoms with Crippen LogP contribution >= 0.6 is 11.6 Å². The third-order valence-corrected chi connectivity index (χ3v) is 5.91. The van der Waals surface area contributed by atoms with Crippen molar-refractivity contribution in [3.05, 3.63) is 12.2 Å². The number of carboxylic acid groups (broad SMARTS) is 1. The third kappa shape index (κ3) is 9.71. The van der Waals surface area contributed by atoms with Crippen LogP contribution in [-0.2, 0) is 4.79 Å². The number of allylic oxidation sites excluding steroid dienone is 2. The molecule has 0 spiro atoms. The highest BCUT2D eigenvalue weighted by molar-refractivity contribution is 6.18. The maximum absolute atomic E-state index is 10.5. The number of halogens is 1. The zero-order chi connectivity index (χ0) is 17.6. The molecule has 0 aromatic heterocycles. The van der Waals surface area contributed by atoms with Gasteiger partial charge in [0.1, 0.15) is 0 Å². The predicted molar refractivity (Wildman–Crippen MR) is 104 cm³/mol. The average molecular weight is 357 g/mol. The van der Waals surface area contributed by atoms with Gasteiger partial charge in [-0.1, -0.05) is 57.6 Å². The van der Waals surface area contributed by atoms with Crippen LogP contribution in [0.3, 0.4) is 0 Å². The minimum Gasteiger partial charge on any atom is -0.481 e. The van der Waals surface area contributed by atoms with Crippen LogP contribution < -0.4 is 0 Å². The Morgan fingerprint density at radius 2 is 2.00 bits per heavy atom. The normalized spacial score (nSPS) is 22.2. The number of aliphatic carboxylic acids is 1. The first kappa shape index (κ1) is 21.5. The Bertz CT molecular complexity index is 354. The van der Waals surface area contributed by atoms with Crippen LogP contribution in [0.25, 0.3) is 0 Å². The Kier molecular flexibility index (Phi) is 12.3. The van der Waals surface area contributed by atoms with Crippen LogP contribution in [0.2, 0.25) is 0 Å². The summed E-state index contributed by atoms with van der Waals surface area (Å²) in [6.45, 7) is 2.24. The van der Waals surface area contributed by atoms with Gasteiger partial charge < -0.3 is 5.11 Å². The lowest BCUT2D eigenvalue weighted by Gasteiger charge is -2.17. The molecule has 3 atom stereocenters. The topological polar surface area (TPSA) is 37.3 Å². The lowest BCUT2D eigenvalue weighted by Crippen LogP contribution is -2.06. The number of unbranched alkanes of at least 4 members (excludes halogenated alkanes) is 4. The van der Waals surface area contributed by atoms with Crippen molar-refractivity contribution in [1.29, 1.82) is 0 Å². The molecule has 1 fully saturated rings. The smallest absolute Gasteiger partial charge is 0.303 e. The summed E-state index contributed by atoms with van der Waals surface area (Å²) in [6, 6.07) is 0. The van der Waals surface area contributed by atoms with Crippen LogP contribution in [0.15, 0.2) is 12.2 Å². The van der Waals surface area contributed by atoms with Crippen molar-refractivity contribution >= 4 is 17.6 Å². The second kappa shape index (κ2) is 13.8. The highest BCUT2D eigenvalue weighted by Gasteiger charge is 2.24. The second-order valence-corrected chi connectivity index (χ2v) is 7.84. The summed E-state index contributed by atoms with van der Waals surface area (Å²) in [5.41, 5.74) is 0. The van der Waals surface area contributed by atoms with Gasteiger partial charge in [0, 0.05) is 12.3 Å². The fourth-order valence-electron chi connectivity index (χ4n) is 3.91. The fraction of sp³-hybridized carbons (Fsp3) is 0.857. The molecule has 1 N–H and O–H groups in total. The van der Waals surface area contributed by atoms with Gasteiger partial charge in [-0.05, 0) is 56.3 Å². The van der Waals surface area contributed by atoms with Gasteiger partial charge in [-0.15, -0.1) is 11.6 Å². The molecular formula is C21H37ClO2. The van der Waals surface area contributed by atoms with E-state index >= 15 is 0 Å². The van der Waals surface area contributed by atoms with Gasteiger partial charge in [-0.3, -0.25) is 4.79 Å². The Morgan fingerprint density at radius 3 is 2.71 bits per heavy atom. The van der Waals surface area contributed by atoms with E-state index in [4.69, 9.17) is 16.7 Å². The summed E-state index contributed by atoms with van der Waals surface area (Å²) in [5, 5.41) is 8.65. The number of carbonyl (C=O) groups is 1. The molecule has 0 radical (unpaired) electrons. The fourth-order valence-corrected chi connectivity index (χ4v) is 4.19. The van der Waals surface area contributed by atoms with Gasteiger partial charge >= 0.3 is 5.97 Å². The molecule has 0 heterocycles. The van der Waals surface area contributed by atoms with Crippen molar-refractivity contribution in [1.82, 2.24) is 0 Å². The largest absolute Gasteiger partial charge is 0.481 e. The van der Waals surface area contributed by atoms with E-state index in [2.05, 4.69) is 19.1 Å². The maximum atomic E-state index is 10.5. The van der Waals surface area contributed by atoms with Gasteiger partial charge in [0.2, 0.25) is 0 Å². The number of hydrogen-bond donors (Lipinski definition) is 1. The van der Waals surface area contributed by atoms with Crippen LogP contribution in [-0.4, -0.2) is 17.0 Å². The lowest BCUT2D eigenvalue weighted by molar-refractivity contribution is -0.137. The Hall–Kier alpha value is -0.500. The number of alkyl halides is 1. The Labute approximate surface area is 154 Å². The van der Waals surface area contributed by atoms with Gasteiger partial charge in [0.15, 0.2) is 0 Å². The molecule has 1 aliphatic carbocycles. The molecule has 1 rings (SSSR count). The van der Waals surface area contributed by atoms with Crippen molar-refractivity contribution in [2.75, 3.05) is 5.88 Å². The van der Waals surface area contributed by atoms with Gasteiger partial charge in [-0.2, -0.15) is 0 Å². The summed E-state index contributed by atoms with van der Waals surface area (Å²) in [7, 11) is 0. The van der Waals surface area contributed by atoms with Gasteiger partial charge in [0.05, 0.1) is 0 Å². The molecule has 0 bridgehead atoms. The van der Waals surface area contributed by atoms with E-state index in [0.717, 1.165) is 37.0 Å². The zero-order valence-electron chi connectivity index (χ0n) is 15.5. The SMILES string of the molecule is CCCCC(CCl)CC=C[C@H]1CCC[C@@H]1CCCCCCC(=O)O. The highest BCUT2D eigenvalue weighted by Crippen LogP contribution is 2.36. The van der Waals surface area contributed by atoms with Crippen molar-refractivity contribution in [2.45, 2.75) is 90.4 Å². The van der Waals surface area contributed by atoms with E-state index in [1.807, 2.05) is 0 Å². The van der Waals surface area contributed by atoms with E-state index in [-0.39, 0.29) is 0 Å². The molecule has 0 saturated heterocycles. The molecule has 140 valence electrons. The van der Waals surface area contributed by atoms with Gasteiger partial charge in [0.25, 0.3) is 0 Å². The molecule has 0 amide bonds. The molecule has 0 aromatic rings. The minimum atomic E-state index is -0.662. The zero-order valence-corrected chi connectivity index (χ0v) is 16.3. The van der Waals surface area contributed by atoms with E-state index in [9.17, 15) is 4.79 Å². The summed E-state index contributed by atoms with van der Waals surface area (Å²) in [5.74, 6) is 2.40. The summed E-state index contributed by atoms with van der Waals surface area (Å²) in [6.07, 6.45) is 19.9. The van der Waals surface area contributed by atoms with Crippen molar-refractivity contribution in [3.8, 4) is 0 Å². The molecule has 0 aliphatic heterocycles. The van der Waals surface area contributed by atoms with E-state index in [1.165, 1.54) is 57.8 Å². The summed E-state index contributed by atoms with van der Waals surface area (Å²) >= 11 is 6.09. The van der Waals surface area contributed by atoms with Crippen LogP contribution in [0.5, 0.6) is 0 Å². The van der Waals surface area contributed by atoms with Crippen molar-refractivity contribution in [2.24, 2.45) is 17.8 Å². The van der Waals surface area contributed by atoms with Crippen LogP contribution in [0.1, 0.15) is 90.4 Å². The monoisotopic (exact) mass is 356 g/mol. The summed E-state index contributed by atoms with van der Waals surface area (Å²) < 4.78 is 0. The van der Waals surface area contributed by atoms with E-state index < -0.39 is 5.97 Å². The summed E-state index contributed by atoms with van der Waals surface area (Å²) in [4.78, 5) is 10.5. The lowest BCUT2D eigenvalue weighted by atomic mass is 9.89. The van der Waals surface area contributed by atoms with Crippen molar-refractivity contribution < 1.29 is 9.90 Å². The Morgan fingerprint density at radius 1 is 1.21 bits per heavy atom. The molecule has 1 aliphatic rings. The first-order chi connectivity index (χ1) is 11.7. The highest BCUT2D eigenvalue weighted by atomic mass is 35.5. The predicted octanol–water partition coefficient (Wildman–Crippen LogP) is 6.82. The third-order valence-electron chi connectivity index (χ3n) is 5.47. The quantitative estimate of drug-likeness (QED) is 0.210. The molecule has 1 unspecified atom stereocenters. The number of rotatable bonds is 14. The first-order valence-electron chi connectivity index (χ1n) is 10.1. The van der Waals surface area contributed by atoms with Crippen LogP contribution in [0.4, 0.5) is 0 Å². The van der Waals surface area contributed by atoms with Crippen LogP contribution in [0, 0.1) is 17.8 Å². The molecule has 3 heteroatoms. The number of carboxylic acids is 1. The molecule has 1 saturated carbocycles. The van der Waals surface area contributed by atoms with Crippen molar-refractivity contribution in [3.63, 3.8) is 0 Å². The standard InChI is InChI=1S/C21H37ClO2/c1-2-3-10-18(17-22)11-8-13-20-15-9-14-19(20)12-6-4-5-7-16-21(23)24/h8,13,18-20H,2-7,9-12,14-17H2,1H3,(H,23,24)/t18?,19-,20-/m0/s1. The molecular weight excluding hydrogens is 320 g/mol. The van der Waals surface area contributed by atoms with E-state index in [0.29, 0.717) is 12.3 Å². The minimum absolute atomic E-state index is 0.328. The molecule has 0 aromatic carbocycles. The Balaban J connectivity index is 2.19. The first-order valence-corrected chi connectivity index (χ1v) is 10.6. The molecule has 24 heavy (non-hydrogen) atoms. The van der Waals surface area contributed by atoms with E-state index in [1.54, 1.807) is 0 Å². The number of hydrogen-bond acceptors (Lipinski definition) is 1. The van der Waals surface area contributed by atoms with Gasteiger partial charge in [-0.25, -0.2) is 0 Å². The maximum Gasteiger partial charge on any atom is 0.303 e. The molecule has 2 nitrogen and oxygen atoms in total. The average Bonchev–Trinajstić information content (AvgIpc) is 3.01. The second-order valence-electron chi connectivity index (χ2n) is 7.53.